The fourth-order valence-electron chi connectivity index (χ4n) is 1.81. The second-order valence-corrected chi connectivity index (χ2v) is 3.80. The third-order valence-electron chi connectivity index (χ3n) is 3.04. The maximum atomic E-state index is 5.76. The highest BCUT2D eigenvalue weighted by Crippen LogP contribution is 2.40. The molecule has 0 bridgehead atoms. The van der Waals surface area contributed by atoms with Gasteiger partial charge in [-0.15, -0.1) is 0 Å². The van der Waals surface area contributed by atoms with Crippen LogP contribution >= 0.6 is 0 Å². The Labute approximate surface area is 77.9 Å². The number of nitrogens with zero attached hydrogens (tertiary/aromatic N) is 2. The van der Waals surface area contributed by atoms with Crippen LogP contribution in [0.15, 0.2) is 0 Å². The van der Waals surface area contributed by atoms with Gasteiger partial charge < -0.3 is 5.73 Å². The predicted molar refractivity (Wildman–Crippen MR) is 50.3 cm³/mol. The molecule has 4 heteroatoms. The molecule has 0 aromatic carbocycles. The van der Waals surface area contributed by atoms with E-state index in [4.69, 9.17) is 5.73 Å². The number of aromatic nitrogens is 3. The highest BCUT2D eigenvalue weighted by molar-refractivity contribution is 5.13. The van der Waals surface area contributed by atoms with Gasteiger partial charge in [-0.3, -0.25) is 5.10 Å². The summed E-state index contributed by atoms with van der Waals surface area (Å²) in [5, 5.41) is 7.18. The summed E-state index contributed by atoms with van der Waals surface area (Å²) in [6, 6.07) is 0. The van der Waals surface area contributed by atoms with E-state index in [2.05, 4.69) is 22.1 Å². The van der Waals surface area contributed by atoms with Gasteiger partial charge in [-0.2, -0.15) is 5.10 Å². The molecule has 3 N–H and O–H groups in total. The summed E-state index contributed by atoms with van der Waals surface area (Å²) in [7, 11) is 0. The second kappa shape index (κ2) is 3.10. The van der Waals surface area contributed by atoms with Crippen molar-refractivity contribution in [1.82, 2.24) is 15.2 Å². The van der Waals surface area contributed by atoms with E-state index >= 15 is 0 Å². The lowest BCUT2D eigenvalue weighted by Crippen LogP contribution is -2.42. The van der Waals surface area contributed by atoms with Crippen molar-refractivity contribution in [2.24, 2.45) is 5.73 Å². The zero-order valence-electron chi connectivity index (χ0n) is 8.01. The summed E-state index contributed by atoms with van der Waals surface area (Å²) in [6.45, 7) is 2.74. The van der Waals surface area contributed by atoms with Crippen molar-refractivity contribution in [3.63, 3.8) is 0 Å². The van der Waals surface area contributed by atoms with Gasteiger partial charge in [0, 0.05) is 18.4 Å². The molecule has 4 nitrogen and oxygen atoms in total. The number of nitrogens with two attached hydrogens (primary N) is 1. The fourth-order valence-corrected chi connectivity index (χ4v) is 1.81. The molecule has 1 aromatic heterocycles. The van der Waals surface area contributed by atoms with Gasteiger partial charge >= 0.3 is 0 Å². The minimum absolute atomic E-state index is 0.101. The summed E-state index contributed by atoms with van der Waals surface area (Å²) in [4.78, 5) is 4.45. The summed E-state index contributed by atoms with van der Waals surface area (Å²) in [5.74, 6) is 1.90. The monoisotopic (exact) mass is 180 g/mol. The van der Waals surface area contributed by atoms with Crippen molar-refractivity contribution < 1.29 is 0 Å². The van der Waals surface area contributed by atoms with Gasteiger partial charge in [0.05, 0.1) is 0 Å². The van der Waals surface area contributed by atoms with Crippen molar-refractivity contribution in [3.8, 4) is 0 Å². The Hall–Kier alpha value is -0.900. The standard InChI is InChI=1S/C9H16N4/c1-2-7-11-8(13-12-7)9(6-10)4-3-5-9/h2-6,10H2,1H3,(H,11,12,13). The Morgan fingerprint density at radius 2 is 2.31 bits per heavy atom. The average Bonchev–Trinajstić information content (AvgIpc) is 2.52. The van der Waals surface area contributed by atoms with Crippen molar-refractivity contribution in [1.29, 1.82) is 0 Å². The fraction of sp³-hybridized carbons (Fsp3) is 0.778. The van der Waals surface area contributed by atoms with Crippen LogP contribution in [0.1, 0.15) is 37.8 Å². The highest BCUT2D eigenvalue weighted by Gasteiger charge is 2.40. The maximum absolute atomic E-state index is 5.76. The van der Waals surface area contributed by atoms with E-state index in [0.717, 1.165) is 30.9 Å². The first-order chi connectivity index (χ1) is 6.30. The summed E-state index contributed by atoms with van der Waals surface area (Å²) < 4.78 is 0. The van der Waals surface area contributed by atoms with Crippen molar-refractivity contribution in [2.45, 2.75) is 38.0 Å². The van der Waals surface area contributed by atoms with Gasteiger partial charge in [0.1, 0.15) is 5.82 Å². The van der Waals surface area contributed by atoms with Gasteiger partial charge in [-0.25, -0.2) is 4.98 Å². The van der Waals surface area contributed by atoms with Crippen LogP contribution in [0.3, 0.4) is 0 Å². The minimum Gasteiger partial charge on any atom is -0.329 e. The number of aromatic amines is 1. The topological polar surface area (TPSA) is 67.6 Å². The molecule has 1 aromatic rings. The van der Waals surface area contributed by atoms with Crippen molar-refractivity contribution in [3.05, 3.63) is 11.6 Å². The van der Waals surface area contributed by atoms with E-state index in [1.807, 2.05) is 0 Å². The second-order valence-electron chi connectivity index (χ2n) is 3.80. The minimum atomic E-state index is 0.101. The molecule has 0 atom stereocenters. The maximum Gasteiger partial charge on any atom is 0.158 e. The molecule has 1 aliphatic rings. The van der Waals surface area contributed by atoms with Crippen LogP contribution in [-0.2, 0) is 11.8 Å². The number of nitrogens with one attached hydrogen (secondary N) is 1. The zero-order valence-corrected chi connectivity index (χ0v) is 8.01. The van der Waals surface area contributed by atoms with E-state index in [9.17, 15) is 0 Å². The lowest BCUT2D eigenvalue weighted by Gasteiger charge is -2.38. The van der Waals surface area contributed by atoms with Crippen LogP contribution in [0.25, 0.3) is 0 Å². The molecule has 2 rings (SSSR count). The molecular weight excluding hydrogens is 164 g/mol. The van der Waals surface area contributed by atoms with E-state index in [1.165, 1.54) is 6.42 Å². The molecule has 0 unspecified atom stereocenters. The lowest BCUT2D eigenvalue weighted by atomic mass is 9.68. The lowest BCUT2D eigenvalue weighted by molar-refractivity contribution is 0.238. The summed E-state index contributed by atoms with van der Waals surface area (Å²) in [6.07, 6.45) is 4.45. The normalized spacial score (nSPS) is 19.8. The van der Waals surface area contributed by atoms with Crippen LogP contribution < -0.4 is 5.73 Å². The van der Waals surface area contributed by atoms with Crippen LogP contribution in [0.5, 0.6) is 0 Å². The number of rotatable bonds is 3. The average molecular weight is 180 g/mol. The van der Waals surface area contributed by atoms with Gasteiger partial charge in [-0.1, -0.05) is 13.3 Å². The number of hydrogen-bond donors (Lipinski definition) is 2. The molecule has 0 spiro atoms. The van der Waals surface area contributed by atoms with Crippen molar-refractivity contribution in [2.75, 3.05) is 6.54 Å². The molecule has 13 heavy (non-hydrogen) atoms. The number of aryl methyl sites for hydroxylation is 1. The molecule has 1 saturated carbocycles. The molecule has 0 radical (unpaired) electrons. The first-order valence-corrected chi connectivity index (χ1v) is 4.92. The number of hydrogen-bond acceptors (Lipinski definition) is 3. The Kier molecular flexibility index (Phi) is 2.07. The first-order valence-electron chi connectivity index (χ1n) is 4.92. The van der Waals surface area contributed by atoms with Crippen LogP contribution in [0.2, 0.25) is 0 Å². The van der Waals surface area contributed by atoms with Crippen LogP contribution in [0, 0.1) is 0 Å². The predicted octanol–water partition coefficient (Wildman–Crippen LogP) is 0.747. The van der Waals surface area contributed by atoms with Gasteiger partial charge in [-0.05, 0) is 12.8 Å². The van der Waals surface area contributed by atoms with Gasteiger partial charge in [0.15, 0.2) is 5.82 Å². The largest absolute Gasteiger partial charge is 0.329 e. The quantitative estimate of drug-likeness (QED) is 0.721. The van der Waals surface area contributed by atoms with Gasteiger partial charge in [0.25, 0.3) is 0 Å². The molecular formula is C9H16N4. The zero-order chi connectivity index (χ0) is 9.31. The first kappa shape index (κ1) is 8.69. The van der Waals surface area contributed by atoms with E-state index in [0.29, 0.717) is 6.54 Å². The summed E-state index contributed by atoms with van der Waals surface area (Å²) in [5.41, 5.74) is 5.86. The molecule has 1 heterocycles. The molecule has 1 fully saturated rings. The van der Waals surface area contributed by atoms with Crippen LogP contribution in [0.4, 0.5) is 0 Å². The third kappa shape index (κ3) is 1.25. The molecule has 72 valence electrons. The highest BCUT2D eigenvalue weighted by atomic mass is 15.2. The number of H-pyrrole nitrogens is 1. The Bertz CT molecular complexity index is 282. The van der Waals surface area contributed by atoms with Crippen LogP contribution in [-0.4, -0.2) is 21.7 Å². The third-order valence-corrected chi connectivity index (χ3v) is 3.04. The van der Waals surface area contributed by atoms with Gasteiger partial charge in [0.2, 0.25) is 0 Å². The Morgan fingerprint density at radius 3 is 2.69 bits per heavy atom. The molecule has 0 amide bonds. The summed E-state index contributed by atoms with van der Waals surface area (Å²) >= 11 is 0. The molecule has 0 aliphatic heterocycles. The smallest absolute Gasteiger partial charge is 0.158 e. The molecule has 1 aliphatic carbocycles. The van der Waals surface area contributed by atoms with E-state index < -0.39 is 0 Å². The SMILES string of the molecule is CCc1nc(C2(CN)CCC2)n[nH]1. The van der Waals surface area contributed by atoms with E-state index in [1.54, 1.807) is 0 Å². The van der Waals surface area contributed by atoms with E-state index in [-0.39, 0.29) is 5.41 Å². The van der Waals surface area contributed by atoms with Crippen molar-refractivity contribution >= 4 is 0 Å². The Morgan fingerprint density at radius 1 is 1.54 bits per heavy atom. The molecule has 0 saturated heterocycles. The Balaban J connectivity index is 2.23.